The zero-order valence-corrected chi connectivity index (χ0v) is 12.9. The summed E-state index contributed by atoms with van der Waals surface area (Å²) in [4.78, 5) is 0. The first-order chi connectivity index (χ1) is 9.65. The highest BCUT2D eigenvalue weighted by molar-refractivity contribution is 5.52. The Balaban J connectivity index is 2.35. The first-order valence-corrected chi connectivity index (χ1v) is 7.31. The first-order valence-electron chi connectivity index (χ1n) is 7.31. The zero-order valence-electron chi connectivity index (χ0n) is 12.9. The molecule has 0 spiro atoms. The van der Waals surface area contributed by atoms with Gasteiger partial charge in [0, 0.05) is 17.7 Å². The Bertz CT molecular complexity index is 440. The fourth-order valence-electron chi connectivity index (χ4n) is 2.63. The minimum absolute atomic E-state index is 0.104. The van der Waals surface area contributed by atoms with E-state index in [4.69, 9.17) is 14.2 Å². The summed E-state index contributed by atoms with van der Waals surface area (Å²) in [6.07, 6.45) is 3.72. The van der Waals surface area contributed by atoms with Crippen molar-refractivity contribution < 1.29 is 14.2 Å². The number of piperidine rings is 1. The van der Waals surface area contributed by atoms with Gasteiger partial charge in [-0.1, -0.05) is 6.42 Å². The molecule has 1 atom stereocenters. The average molecular weight is 279 g/mol. The van der Waals surface area contributed by atoms with E-state index in [1.54, 1.807) is 14.2 Å². The van der Waals surface area contributed by atoms with Gasteiger partial charge in [-0.3, -0.25) is 0 Å². The SMILES string of the molecule is COc1cc(C2CCCCN2)c(OC)cc1OC(C)C. The van der Waals surface area contributed by atoms with Crippen molar-refractivity contribution in [3.63, 3.8) is 0 Å². The second-order valence-electron chi connectivity index (χ2n) is 5.41. The van der Waals surface area contributed by atoms with Crippen LogP contribution in [0, 0.1) is 0 Å². The van der Waals surface area contributed by atoms with Crippen LogP contribution in [-0.4, -0.2) is 26.9 Å². The van der Waals surface area contributed by atoms with Crippen LogP contribution in [0.2, 0.25) is 0 Å². The molecule has 0 amide bonds. The number of methoxy groups -OCH3 is 2. The van der Waals surface area contributed by atoms with Crippen LogP contribution in [0.25, 0.3) is 0 Å². The predicted molar refractivity (Wildman–Crippen MR) is 79.9 cm³/mol. The summed E-state index contributed by atoms with van der Waals surface area (Å²) in [6.45, 7) is 5.06. The smallest absolute Gasteiger partial charge is 0.165 e. The monoisotopic (exact) mass is 279 g/mol. The normalized spacial score (nSPS) is 18.9. The van der Waals surface area contributed by atoms with Crippen molar-refractivity contribution in [3.05, 3.63) is 17.7 Å². The van der Waals surface area contributed by atoms with Crippen LogP contribution >= 0.6 is 0 Å². The number of rotatable bonds is 5. The lowest BCUT2D eigenvalue weighted by molar-refractivity contribution is 0.228. The number of hydrogen-bond acceptors (Lipinski definition) is 4. The summed E-state index contributed by atoms with van der Waals surface area (Å²) in [5.74, 6) is 2.36. The minimum Gasteiger partial charge on any atom is -0.496 e. The molecule has 0 aromatic heterocycles. The van der Waals surface area contributed by atoms with Crippen molar-refractivity contribution in [3.8, 4) is 17.2 Å². The van der Waals surface area contributed by atoms with Crippen LogP contribution in [0.15, 0.2) is 12.1 Å². The van der Waals surface area contributed by atoms with Crippen LogP contribution < -0.4 is 19.5 Å². The molecule has 1 aliphatic heterocycles. The van der Waals surface area contributed by atoms with Gasteiger partial charge in [0.05, 0.1) is 20.3 Å². The summed E-state index contributed by atoms with van der Waals surface area (Å²) < 4.78 is 16.8. The molecule has 4 heteroatoms. The molecule has 1 heterocycles. The number of nitrogens with one attached hydrogen (secondary N) is 1. The fraction of sp³-hybridized carbons (Fsp3) is 0.625. The van der Waals surface area contributed by atoms with Gasteiger partial charge in [-0.05, 0) is 39.3 Å². The fourth-order valence-corrected chi connectivity index (χ4v) is 2.63. The van der Waals surface area contributed by atoms with E-state index in [-0.39, 0.29) is 6.10 Å². The van der Waals surface area contributed by atoms with Crippen LogP contribution in [0.1, 0.15) is 44.7 Å². The van der Waals surface area contributed by atoms with E-state index in [9.17, 15) is 0 Å². The molecule has 1 aromatic rings. The van der Waals surface area contributed by atoms with Gasteiger partial charge in [-0.25, -0.2) is 0 Å². The molecule has 1 fully saturated rings. The molecular weight excluding hydrogens is 254 g/mol. The quantitative estimate of drug-likeness (QED) is 0.897. The third-order valence-corrected chi connectivity index (χ3v) is 3.56. The molecule has 1 unspecified atom stereocenters. The van der Waals surface area contributed by atoms with E-state index < -0.39 is 0 Å². The Labute approximate surface area is 121 Å². The number of hydrogen-bond donors (Lipinski definition) is 1. The highest BCUT2D eigenvalue weighted by Gasteiger charge is 2.21. The second-order valence-corrected chi connectivity index (χ2v) is 5.41. The summed E-state index contributed by atoms with van der Waals surface area (Å²) >= 11 is 0. The number of ether oxygens (including phenoxy) is 3. The Morgan fingerprint density at radius 1 is 1.05 bits per heavy atom. The molecule has 0 radical (unpaired) electrons. The van der Waals surface area contributed by atoms with Gasteiger partial charge in [-0.2, -0.15) is 0 Å². The molecule has 1 N–H and O–H groups in total. The van der Waals surface area contributed by atoms with Crippen molar-refractivity contribution in [2.24, 2.45) is 0 Å². The summed E-state index contributed by atoms with van der Waals surface area (Å²) in [5.41, 5.74) is 1.15. The van der Waals surface area contributed by atoms with E-state index in [0.717, 1.165) is 35.8 Å². The van der Waals surface area contributed by atoms with Gasteiger partial charge in [-0.15, -0.1) is 0 Å². The van der Waals surface area contributed by atoms with Gasteiger partial charge in [0.2, 0.25) is 0 Å². The lowest BCUT2D eigenvalue weighted by atomic mass is 9.96. The van der Waals surface area contributed by atoms with Gasteiger partial charge in [0.15, 0.2) is 11.5 Å². The van der Waals surface area contributed by atoms with Crippen molar-refractivity contribution in [1.82, 2.24) is 5.32 Å². The Hall–Kier alpha value is -1.42. The minimum atomic E-state index is 0.104. The predicted octanol–water partition coefficient (Wildman–Crippen LogP) is 3.31. The standard InChI is InChI=1S/C16H25NO3/c1-11(2)20-16-10-14(18-3)12(9-15(16)19-4)13-7-5-6-8-17-13/h9-11,13,17H,5-8H2,1-4H3. The van der Waals surface area contributed by atoms with E-state index in [1.165, 1.54) is 12.8 Å². The third kappa shape index (κ3) is 3.37. The van der Waals surface area contributed by atoms with Gasteiger partial charge < -0.3 is 19.5 Å². The highest BCUT2D eigenvalue weighted by Crippen LogP contribution is 2.39. The summed E-state index contributed by atoms with van der Waals surface area (Å²) in [7, 11) is 3.38. The molecule has 0 aliphatic carbocycles. The average Bonchev–Trinajstić information content (AvgIpc) is 2.47. The second kappa shape index (κ2) is 6.84. The number of benzene rings is 1. The van der Waals surface area contributed by atoms with Gasteiger partial charge >= 0.3 is 0 Å². The molecule has 0 saturated carbocycles. The van der Waals surface area contributed by atoms with Crippen molar-refractivity contribution in [2.75, 3.05) is 20.8 Å². The maximum atomic E-state index is 5.80. The highest BCUT2D eigenvalue weighted by atomic mass is 16.5. The molecule has 1 saturated heterocycles. The largest absolute Gasteiger partial charge is 0.496 e. The van der Waals surface area contributed by atoms with Crippen LogP contribution in [0.3, 0.4) is 0 Å². The van der Waals surface area contributed by atoms with Crippen molar-refractivity contribution in [2.45, 2.75) is 45.3 Å². The van der Waals surface area contributed by atoms with Gasteiger partial charge in [0.1, 0.15) is 5.75 Å². The van der Waals surface area contributed by atoms with Crippen molar-refractivity contribution in [1.29, 1.82) is 0 Å². The van der Waals surface area contributed by atoms with Gasteiger partial charge in [0.25, 0.3) is 0 Å². The summed E-state index contributed by atoms with van der Waals surface area (Å²) in [6, 6.07) is 4.31. The molecule has 1 aliphatic rings. The van der Waals surface area contributed by atoms with Crippen LogP contribution in [0.4, 0.5) is 0 Å². The lowest BCUT2D eigenvalue weighted by Crippen LogP contribution is -2.27. The maximum Gasteiger partial charge on any atom is 0.165 e. The third-order valence-electron chi connectivity index (χ3n) is 3.56. The zero-order chi connectivity index (χ0) is 14.5. The van der Waals surface area contributed by atoms with Crippen molar-refractivity contribution >= 4 is 0 Å². The molecular formula is C16H25NO3. The molecule has 20 heavy (non-hydrogen) atoms. The van der Waals surface area contributed by atoms with E-state index >= 15 is 0 Å². The van der Waals surface area contributed by atoms with E-state index in [2.05, 4.69) is 5.32 Å². The Morgan fingerprint density at radius 2 is 1.80 bits per heavy atom. The maximum absolute atomic E-state index is 5.80. The Kier molecular flexibility index (Phi) is 5.12. The topological polar surface area (TPSA) is 39.7 Å². The van der Waals surface area contributed by atoms with Crippen LogP contribution in [-0.2, 0) is 0 Å². The first kappa shape index (κ1) is 15.0. The van der Waals surface area contributed by atoms with E-state index in [0.29, 0.717) is 6.04 Å². The molecule has 0 bridgehead atoms. The van der Waals surface area contributed by atoms with E-state index in [1.807, 2.05) is 26.0 Å². The molecule has 112 valence electrons. The lowest BCUT2D eigenvalue weighted by Gasteiger charge is -2.26. The molecule has 1 aromatic carbocycles. The molecule has 2 rings (SSSR count). The summed E-state index contributed by atoms with van der Waals surface area (Å²) in [5, 5.41) is 3.55. The Morgan fingerprint density at radius 3 is 2.35 bits per heavy atom. The van der Waals surface area contributed by atoms with Crippen LogP contribution in [0.5, 0.6) is 17.2 Å². The molecule has 4 nitrogen and oxygen atoms in total.